The number of benzene rings is 2. The van der Waals surface area contributed by atoms with E-state index in [9.17, 15) is 0 Å². The second-order valence-electron chi connectivity index (χ2n) is 13.5. The van der Waals surface area contributed by atoms with Gasteiger partial charge in [-0.25, -0.2) is 0 Å². The van der Waals surface area contributed by atoms with E-state index in [-0.39, 0.29) is 39.7 Å². The molecule has 2 atom stereocenters. The molecule has 0 aromatic heterocycles. The normalized spacial score (nSPS) is 13.8. The van der Waals surface area contributed by atoms with Crippen LogP contribution in [-0.2, 0) is 30.7 Å². The van der Waals surface area contributed by atoms with Crippen molar-refractivity contribution < 1.29 is 18.1 Å². The predicted molar refractivity (Wildman–Crippen MR) is 157 cm³/mol. The third-order valence-corrected chi connectivity index (χ3v) is 7.27. The zero-order valence-electron chi connectivity index (χ0n) is 24.5. The lowest BCUT2D eigenvalue weighted by Crippen LogP contribution is -2.17. The van der Waals surface area contributed by atoms with E-state index in [0.29, 0.717) is 13.2 Å². The molecule has 0 saturated heterocycles. The van der Waals surface area contributed by atoms with Crippen molar-refractivity contribution in [3.63, 3.8) is 0 Å². The zero-order chi connectivity index (χ0) is 27.4. The lowest BCUT2D eigenvalue weighted by atomic mass is 9.80. The molecule has 0 aliphatic heterocycles. The molecule has 2 unspecified atom stereocenters. The average molecular weight is 535 g/mol. The Kier molecular flexibility index (Phi) is 10.5. The van der Waals surface area contributed by atoms with Crippen LogP contribution in [0.1, 0.15) is 105 Å². The van der Waals surface area contributed by atoms with E-state index in [4.69, 9.17) is 18.1 Å². The molecule has 2 aromatic rings. The molecular formula is C30H48O4P2. The Hall–Kier alpha value is -1.18. The Morgan fingerprint density at radius 1 is 0.500 bits per heavy atom. The Morgan fingerprint density at radius 3 is 1.11 bits per heavy atom. The third-order valence-electron chi connectivity index (χ3n) is 6.02. The topological polar surface area (TPSA) is 36.9 Å². The van der Waals surface area contributed by atoms with Gasteiger partial charge in [-0.15, -0.1) is 0 Å². The Morgan fingerprint density at radius 2 is 0.833 bits per heavy atom. The van der Waals surface area contributed by atoms with Gasteiger partial charge in [0.2, 0.25) is 18.1 Å². The minimum atomic E-state index is -0.0812. The summed E-state index contributed by atoms with van der Waals surface area (Å²) in [5, 5.41) is 0. The van der Waals surface area contributed by atoms with Gasteiger partial charge in [-0.1, -0.05) is 107 Å². The van der Waals surface area contributed by atoms with E-state index in [1.807, 2.05) is 0 Å². The maximum absolute atomic E-state index is 6.02. The van der Waals surface area contributed by atoms with Gasteiger partial charge in [0.1, 0.15) is 11.5 Å². The fourth-order valence-electron chi connectivity index (χ4n) is 3.66. The number of hydrogen-bond donors (Lipinski definition) is 0. The van der Waals surface area contributed by atoms with Crippen molar-refractivity contribution in [1.29, 1.82) is 0 Å². The molecule has 0 radical (unpaired) electrons. The first kappa shape index (κ1) is 31.0. The Labute approximate surface area is 224 Å². The first-order chi connectivity index (χ1) is 16.4. The summed E-state index contributed by atoms with van der Waals surface area (Å²) in [6.07, 6.45) is 0. The van der Waals surface area contributed by atoms with Crippen LogP contribution in [0.15, 0.2) is 36.4 Å². The molecule has 0 N–H and O–H groups in total. The highest BCUT2D eigenvalue weighted by Gasteiger charge is 2.24. The average Bonchev–Trinajstić information content (AvgIpc) is 2.72. The van der Waals surface area contributed by atoms with E-state index >= 15 is 0 Å². The lowest BCUT2D eigenvalue weighted by molar-refractivity contribution is 0.232. The van der Waals surface area contributed by atoms with Crippen LogP contribution in [0.5, 0.6) is 11.5 Å². The first-order valence-electron chi connectivity index (χ1n) is 12.8. The second-order valence-corrected chi connectivity index (χ2v) is 14.8. The fraction of sp³-hybridized carbons (Fsp3) is 0.600. The van der Waals surface area contributed by atoms with Crippen molar-refractivity contribution in [2.45, 2.75) is 105 Å². The summed E-state index contributed by atoms with van der Waals surface area (Å²) < 4.78 is 23.5. The summed E-state index contributed by atoms with van der Waals surface area (Å²) in [6.45, 7) is 27.6. The smallest absolute Gasteiger partial charge is 0.215 e. The molecule has 0 fully saturated rings. The van der Waals surface area contributed by atoms with Crippen LogP contribution in [0.3, 0.4) is 0 Å². The molecule has 0 bridgehead atoms. The molecule has 36 heavy (non-hydrogen) atoms. The maximum Gasteiger partial charge on any atom is 0.215 e. The van der Waals surface area contributed by atoms with Crippen LogP contribution in [0, 0.1) is 0 Å². The minimum Gasteiger partial charge on any atom is -0.449 e. The van der Waals surface area contributed by atoms with Gasteiger partial charge in [-0.3, -0.25) is 0 Å². The summed E-state index contributed by atoms with van der Waals surface area (Å²) in [5.41, 5.74) is 5.18. The molecule has 0 heterocycles. The molecule has 0 saturated carbocycles. The highest BCUT2D eigenvalue weighted by Crippen LogP contribution is 2.39. The molecule has 202 valence electrons. The molecule has 2 rings (SSSR count). The number of hydrogen-bond acceptors (Lipinski definition) is 4. The van der Waals surface area contributed by atoms with E-state index in [2.05, 4.69) is 119 Å². The first-order valence-corrected chi connectivity index (χ1v) is 14.4. The van der Waals surface area contributed by atoms with Crippen molar-refractivity contribution in [3.05, 3.63) is 58.7 Å². The van der Waals surface area contributed by atoms with Gasteiger partial charge in [0.05, 0.1) is 13.2 Å². The largest absolute Gasteiger partial charge is 0.449 e. The van der Waals surface area contributed by atoms with Gasteiger partial charge in [0.15, 0.2) is 0 Å². The van der Waals surface area contributed by atoms with E-state index in [0.717, 1.165) is 11.5 Å². The van der Waals surface area contributed by atoms with Crippen LogP contribution in [0.25, 0.3) is 0 Å². The predicted octanol–water partition coefficient (Wildman–Crippen LogP) is 9.38. The van der Waals surface area contributed by atoms with Crippen LogP contribution in [0.2, 0.25) is 0 Å². The second kappa shape index (κ2) is 12.1. The van der Waals surface area contributed by atoms with Crippen LogP contribution in [-0.4, -0.2) is 13.2 Å². The van der Waals surface area contributed by atoms with E-state index < -0.39 is 0 Å². The van der Waals surface area contributed by atoms with Gasteiger partial charge >= 0.3 is 0 Å². The summed E-state index contributed by atoms with van der Waals surface area (Å²) >= 11 is 0. The lowest BCUT2D eigenvalue weighted by Gasteiger charge is -2.27. The highest BCUT2D eigenvalue weighted by molar-refractivity contribution is 7.27. The van der Waals surface area contributed by atoms with Gasteiger partial charge in [0.25, 0.3) is 0 Å². The molecule has 4 nitrogen and oxygen atoms in total. The molecular weight excluding hydrogens is 486 g/mol. The van der Waals surface area contributed by atoms with Gasteiger partial charge in [-0.05, 0) is 44.9 Å². The molecule has 0 aliphatic carbocycles. The van der Waals surface area contributed by atoms with Crippen molar-refractivity contribution in [1.82, 2.24) is 0 Å². The van der Waals surface area contributed by atoms with Crippen molar-refractivity contribution in [3.8, 4) is 11.5 Å². The minimum absolute atomic E-state index is 0.0143. The summed E-state index contributed by atoms with van der Waals surface area (Å²) in [4.78, 5) is 0. The van der Waals surface area contributed by atoms with Crippen LogP contribution in [0.4, 0.5) is 0 Å². The molecule has 0 aliphatic rings. The van der Waals surface area contributed by atoms with Gasteiger partial charge < -0.3 is 18.1 Å². The summed E-state index contributed by atoms with van der Waals surface area (Å²) in [5.74, 6) is 1.77. The Bertz CT molecular complexity index is 908. The zero-order valence-corrected chi connectivity index (χ0v) is 26.5. The highest BCUT2D eigenvalue weighted by atomic mass is 31.1. The Balaban J connectivity index is 1.84. The third kappa shape index (κ3) is 9.29. The summed E-state index contributed by atoms with van der Waals surface area (Å²) in [7, 11) is -0.162. The van der Waals surface area contributed by atoms with E-state index in [1.54, 1.807) is 0 Å². The van der Waals surface area contributed by atoms with Crippen LogP contribution < -0.4 is 9.05 Å². The SMILES string of the molecule is CC(C)(C)c1ccc(OPOCCOPOc2ccc(C(C)(C)C)cc2C(C)(C)C)c(C(C)(C)C)c1. The van der Waals surface area contributed by atoms with Gasteiger partial charge in [-0.2, -0.15) is 0 Å². The quantitative estimate of drug-likeness (QED) is 0.237. The molecule has 0 amide bonds. The maximum atomic E-state index is 6.02. The molecule has 2 aromatic carbocycles. The van der Waals surface area contributed by atoms with Crippen molar-refractivity contribution in [2.75, 3.05) is 13.2 Å². The monoisotopic (exact) mass is 534 g/mol. The number of rotatable bonds is 9. The molecule has 6 heteroatoms. The van der Waals surface area contributed by atoms with Gasteiger partial charge in [0, 0.05) is 11.1 Å². The van der Waals surface area contributed by atoms with Crippen molar-refractivity contribution in [2.24, 2.45) is 0 Å². The van der Waals surface area contributed by atoms with Crippen LogP contribution >= 0.6 is 18.1 Å². The fourth-order valence-corrected chi connectivity index (χ4v) is 4.65. The standard InChI is InChI=1S/C30H48O4P2/c1-27(2,3)21-13-15-25(23(19-21)29(7,8)9)33-35-31-17-18-32-36-34-26-16-14-22(28(4,5)6)20-24(26)30(10,11)12/h13-16,19-20,35-36H,17-18H2,1-12H3. The van der Waals surface area contributed by atoms with Crippen molar-refractivity contribution >= 4 is 18.1 Å². The summed E-state index contributed by atoms with van der Waals surface area (Å²) in [6, 6.07) is 13.0. The molecule has 0 spiro atoms. The van der Waals surface area contributed by atoms with E-state index in [1.165, 1.54) is 22.3 Å².